The third kappa shape index (κ3) is 4.00. The number of benzene rings is 1. The van der Waals surface area contributed by atoms with Gasteiger partial charge in [0.15, 0.2) is 0 Å². The zero-order chi connectivity index (χ0) is 24.1. The van der Waals surface area contributed by atoms with Crippen LogP contribution in [0.2, 0.25) is 0 Å². The molecule has 178 valence electrons. The Morgan fingerprint density at radius 2 is 1.97 bits per heavy atom. The summed E-state index contributed by atoms with van der Waals surface area (Å²) in [5.74, 6) is 0.616. The first kappa shape index (κ1) is 21.9. The molecular weight excluding hydrogens is 436 g/mol. The van der Waals surface area contributed by atoms with Crippen molar-refractivity contribution in [1.29, 1.82) is 0 Å². The number of pyridine rings is 1. The molecule has 0 unspecified atom stereocenters. The monoisotopic (exact) mass is 466 g/mol. The van der Waals surface area contributed by atoms with E-state index in [4.69, 9.17) is 0 Å². The summed E-state index contributed by atoms with van der Waals surface area (Å²) in [5.41, 5.74) is 9.68. The van der Waals surface area contributed by atoms with Crippen LogP contribution in [-0.4, -0.2) is 43.8 Å². The molecule has 1 saturated heterocycles. The van der Waals surface area contributed by atoms with Crippen LogP contribution >= 0.6 is 0 Å². The van der Waals surface area contributed by atoms with Crippen molar-refractivity contribution < 1.29 is 4.79 Å². The van der Waals surface area contributed by atoms with Gasteiger partial charge in [-0.1, -0.05) is 6.07 Å². The van der Waals surface area contributed by atoms with E-state index in [-0.39, 0.29) is 5.91 Å². The number of aromatic nitrogens is 4. The smallest absolute Gasteiger partial charge is 0.272 e. The van der Waals surface area contributed by atoms with Gasteiger partial charge >= 0.3 is 0 Å². The topological polar surface area (TPSA) is 86.8 Å². The van der Waals surface area contributed by atoms with Gasteiger partial charge < -0.3 is 15.2 Å². The second-order valence-corrected chi connectivity index (χ2v) is 9.86. The number of nitrogens with zero attached hydrogens (tertiary/aromatic N) is 4. The number of H-pyrrole nitrogens is 1. The standard InChI is InChI=1S/C28H30N6O/c1-16-13-30-27-22(16)12-21(14-31-27)20-10-19-6-8-34(28(35)26-9-17(2)32-18(3)33-26)15-24(19)23(11-20)25-5-4-7-29-25/h9-14,25,29H,4-8,15H2,1-3H3,(H,30,31)/t25-/m0/s1. The Hall–Kier alpha value is -3.58. The van der Waals surface area contributed by atoms with E-state index in [2.05, 4.69) is 50.4 Å². The number of fused-ring (bicyclic) bond motifs is 2. The molecule has 0 spiro atoms. The highest BCUT2D eigenvalue weighted by molar-refractivity contribution is 5.92. The second kappa shape index (κ2) is 8.57. The molecule has 2 aliphatic heterocycles. The molecule has 7 heteroatoms. The summed E-state index contributed by atoms with van der Waals surface area (Å²) in [7, 11) is 0. The normalized spacial score (nSPS) is 17.7. The van der Waals surface area contributed by atoms with Crippen molar-refractivity contribution in [3.63, 3.8) is 0 Å². The van der Waals surface area contributed by atoms with Gasteiger partial charge in [-0.15, -0.1) is 0 Å². The van der Waals surface area contributed by atoms with E-state index in [1.54, 1.807) is 6.07 Å². The number of hydrogen-bond donors (Lipinski definition) is 2. The van der Waals surface area contributed by atoms with E-state index in [1.807, 2.05) is 31.1 Å². The molecule has 4 aromatic rings. The number of carbonyl (C=O) groups excluding carboxylic acids is 1. The van der Waals surface area contributed by atoms with Gasteiger partial charge in [0.05, 0.1) is 0 Å². The third-order valence-corrected chi connectivity index (χ3v) is 7.36. The van der Waals surface area contributed by atoms with Crippen LogP contribution in [0.15, 0.2) is 36.7 Å². The molecular formula is C28H30N6O. The molecule has 5 heterocycles. The van der Waals surface area contributed by atoms with Gasteiger partial charge in [0.1, 0.15) is 17.2 Å². The predicted octanol–water partition coefficient (Wildman–Crippen LogP) is 4.57. The van der Waals surface area contributed by atoms with Crippen LogP contribution in [0.4, 0.5) is 0 Å². The average Bonchev–Trinajstić information content (AvgIpc) is 3.52. The fourth-order valence-corrected chi connectivity index (χ4v) is 5.58. The molecule has 0 saturated carbocycles. The molecule has 1 atom stereocenters. The van der Waals surface area contributed by atoms with Crippen molar-refractivity contribution in [2.24, 2.45) is 0 Å². The molecule has 1 amide bonds. The van der Waals surface area contributed by atoms with Crippen molar-refractivity contribution in [3.05, 3.63) is 76.1 Å². The minimum atomic E-state index is -0.0174. The van der Waals surface area contributed by atoms with Crippen LogP contribution in [0.5, 0.6) is 0 Å². The molecule has 2 N–H and O–H groups in total. The summed E-state index contributed by atoms with van der Waals surface area (Å²) in [6.07, 6.45) is 7.08. The largest absolute Gasteiger partial charge is 0.346 e. The summed E-state index contributed by atoms with van der Waals surface area (Å²) < 4.78 is 0. The Morgan fingerprint density at radius 3 is 2.77 bits per heavy atom. The summed E-state index contributed by atoms with van der Waals surface area (Å²) in [5, 5.41) is 4.84. The van der Waals surface area contributed by atoms with Crippen molar-refractivity contribution in [2.75, 3.05) is 13.1 Å². The molecule has 1 aromatic carbocycles. The minimum Gasteiger partial charge on any atom is -0.346 e. The van der Waals surface area contributed by atoms with Crippen molar-refractivity contribution >= 4 is 16.9 Å². The molecule has 0 radical (unpaired) electrons. The fraction of sp³-hybridized carbons (Fsp3) is 0.357. The lowest BCUT2D eigenvalue weighted by atomic mass is 9.87. The quantitative estimate of drug-likeness (QED) is 0.462. The van der Waals surface area contributed by atoms with Crippen LogP contribution in [0.25, 0.3) is 22.2 Å². The number of aryl methyl sites for hydroxylation is 3. The number of amides is 1. The summed E-state index contributed by atoms with van der Waals surface area (Å²) in [6.45, 7) is 8.17. The number of hydrogen-bond acceptors (Lipinski definition) is 5. The third-order valence-electron chi connectivity index (χ3n) is 7.36. The molecule has 0 bridgehead atoms. The highest BCUT2D eigenvalue weighted by Gasteiger charge is 2.29. The molecule has 0 aliphatic carbocycles. The summed E-state index contributed by atoms with van der Waals surface area (Å²) in [6, 6.07) is 8.96. The summed E-state index contributed by atoms with van der Waals surface area (Å²) in [4.78, 5) is 32.0. The van der Waals surface area contributed by atoms with Gasteiger partial charge in [-0.25, -0.2) is 15.0 Å². The first-order chi connectivity index (χ1) is 17.0. The Labute approximate surface area is 205 Å². The molecule has 1 fully saturated rings. The predicted molar refractivity (Wildman–Crippen MR) is 136 cm³/mol. The van der Waals surface area contributed by atoms with E-state index in [9.17, 15) is 4.79 Å². The van der Waals surface area contributed by atoms with Crippen molar-refractivity contribution in [1.82, 2.24) is 30.2 Å². The van der Waals surface area contributed by atoms with Gasteiger partial charge in [0.2, 0.25) is 0 Å². The minimum absolute atomic E-state index is 0.0174. The Balaban J connectivity index is 1.39. The molecule has 35 heavy (non-hydrogen) atoms. The van der Waals surface area contributed by atoms with E-state index in [0.717, 1.165) is 41.7 Å². The lowest BCUT2D eigenvalue weighted by Crippen LogP contribution is -2.37. The lowest BCUT2D eigenvalue weighted by molar-refractivity contribution is 0.0727. The number of nitrogens with one attached hydrogen (secondary N) is 2. The van der Waals surface area contributed by atoms with Gasteiger partial charge in [-0.3, -0.25) is 4.79 Å². The van der Waals surface area contributed by atoms with Gasteiger partial charge in [0.25, 0.3) is 5.91 Å². The van der Waals surface area contributed by atoms with Crippen LogP contribution in [0, 0.1) is 20.8 Å². The summed E-state index contributed by atoms with van der Waals surface area (Å²) >= 11 is 0. The maximum Gasteiger partial charge on any atom is 0.272 e. The van der Waals surface area contributed by atoms with Crippen molar-refractivity contribution in [2.45, 2.75) is 52.6 Å². The molecule has 3 aromatic heterocycles. The lowest BCUT2D eigenvalue weighted by Gasteiger charge is -2.32. The molecule has 7 nitrogen and oxygen atoms in total. The van der Waals surface area contributed by atoms with Crippen LogP contribution in [-0.2, 0) is 13.0 Å². The van der Waals surface area contributed by atoms with Gasteiger partial charge in [-0.05, 0) is 92.6 Å². The van der Waals surface area contributed by atoms with Crippen LogP contribution < -0.4 is 5.32 Å². The second-order valence-electron chi connectivity index (χ2n) is 9.86. The number of carbonyl (C=O) groups is 1. The zero-order valence-electron chi connectivity index (χ0n) is 20.5. The van der Waals surface area contributed by atoms with Gasteiger partial charge in [-0.2, -0.15) is 0 Å². The Kier molecular flexibility index (Phi) is 5.37. The van der Waals surface area contributed by atoms with Crippen LogP contribution in [0.3, 0.4) is 0 Å². The maximum absolute atomic E-state index is 13.4. The highest BCUT2D eigenvalue weighted by atomic mass is 16.2. The average molecular weight is 467 g/mol. The van der Waals surface area contributed by atoms with E-state index >= 15 is 0 Å². The number of rotatable bonds is 3. The Bertz CT molecular complexity index is 1430. The van der Waals surface area contributed by atoms with Crippen LogP contribution in [0.1, 0.15) is 63.1 Å². The van der Waals surface area contributed by atoms with Gasteiger partial charge in [0, 0.05) is 48.2 Å². The first-order valence-corrected chi connectivity index (χ1v) is 12.4. The first-order valence-electron chi connectivity index (χ1n) is 12.4. The highest BCUT2D eigenvalue weighted by Crippen LogP contribution is 2.36. The molecule has 6 rings (SSSR count). The zero-order valence-corrected chi connectivity index (χ0v) is 20.5. The SMILES string of the molecule is Cc1cc(C(=O)N2CCc3cc(-c4cnc5[nH]cc(C)c5c4)cc([C@@H]4CCCN4)c3C2)nc(C)n1. The fourth-order valence-electron chi connectivity index (χ4n) is 5.58. The van der Waals surface area contributed by atoms with E-state index in [0.29, 0.717) is 30.6 Å². The van der Waals surface area contributed by atoms with E-state index in [1.165, 1.54) is 34.2 Å². The number of aromatic amines is 1. The maximum atomic E-state index is 13.4. The van der Waals surface area contributed by atoms with Crippen molar-refractivity contribution in [3.8, 4) is 11.1 Å². The Morgan fingerprint density at radius 1 is 1.09 bits per heavy atom. The van der Waals surface area contributed by atoms with E-state index < -0.39 is 0 Å². The molecule has 2 aliphatic rings.